The molecule has 0 aliphatic carbocycles. The van der Waals surface area contributed by atoms with Gasteiger partial charge in [-0.15, -0.1) is 0 Å². The van der Waals surface area contributed by atoms with Gasteiger partial charge in [-0.1, -0.05) is 23.7 Å². The molecule has 2 nitrogen and oxygen atoms in total. The van der Waals surface area contributed by atoms with Crippen LogP contribution in [-0.4, -0.2) is 11.7 Å². The lowest BCUT2D eigenvalue weighted by Gasteiger charge is -2.06. The van der Waals surface area contributed by atoms with E-state index in [2.05, 4.69) is 0 Å². The van der Waals surface area contributed by atoms with Gasteiger partial charge < -0.3 is 9.84 Å². The Morgan fingerprint density at radius 3 is 2.53 bits per heavy atom. The van der Waals surface area contributed by atoms with Crippen LogP contribution in [0.4, 0.5) is 0 Å². The Morgan fingerprint density at radius 2 is 1.82 bits per heavy atom. The Balaban J connectivity index is 1.85. The van der Waals surface area contributed by atoms with Crippen LogP contribution in [0, 0.1) is 0 Å². The molecule has 1 N–H and O–H groups in total. The van der Waals surface area contributed by atoms with Crippen LogP contribution >= 0.6 is 11.6 Å². The van der Waals surface area contributed by atoms with Crippen LogP contribution in [0.5, 0.6) is 11.5 Å². The summed E-state index contributed by atoms with van der Waals surface area (Å²) < 4.78 is 5.55. The number of aromatic hydroxyl groups is 1. The highest BCUT2D eigenvalue weighted by atomic mass is 35.5. The van der Waals surface area contributed by atoms with Crippen LogP contribution in [0.15, 0.2) is 48.5 Å². The fourth-order valence-corrected chi connectivity index (χ4v) is 1.73. The lowest BCUT2D eigenvalue weighted by molar-refractivity contribution is 0.321. The lowest BCUT2D eigenvalue weighted by atomic mass is 10.2. The highest BCUT2D eigenvalue weighted by Gasteiger charge is 1.97. The predicted molar refractivity (Wildman–Crippen MR) is 68.8 cm³/mol. The third kappa shape index (κ3) is 3.68. The molecule has 17 heavy (non-hydrogen) atoms. The fraction of sp³-hybridized carbons (Fsp3) is 0.143. The zero-order valence-corrected chi connectivity index (χ0v) is 10.0. The summed E-state index contributed by atoms with van der Waals surface area (Å²) in [6, 6.07) is 14.4. The number of ether oxygens (including phenoxy) is 1. The summed E-state index contributed by atoms with van der Waals surface area (Å²) in [5, 5.41) is 9.86. The maximum absolute atomic E-state index is 9.12. The van der Waals surface area contributed by atoms with Gasteiger partial charge in [-0.3, -0.25) is 0 Å². The quantitative estimate of drug-likeness (QED) is 0.895. The number of hydrogen-bond donors (Lipinski definition) is 1. The molecule has 2 rings (SSSR count). The Morgan fingerprint density at radius 1 is 1.06 bits per heavy atom. The molecule has 2 aromatic carbocycles. The van der Waals surface area contributed by atoms with Crippen molar-refractivity contribution in [2.75, 3.05) is 6.61 Å². The first-order valence-electron chi connectivity index (χ1n) is 5.40. The van der Waals surface area contributed by atoms with Gasteiger partial charge in [0, 0.05) is 11.4 Å². The molecular formula is C14H13ClO2. The summed E-state index contributed by atoms with van der Waals surface area (Å²) in [4.78, 5) is 0. The molecule has 0 saturated heterocycles. The first-order chi connectivity index (χ1) is 8.24. The highest BCUT2D eigenvalue weighted by Crippen LogP contribution is 2.16. The van der Waals surface area contributed by atoms with E-state index >= 15 is 0 Å². The van der Waals surface area contributed by atoms with Gasteiger partial charge >= 0.3 is 0 Å². The smallest absolute Gasteiger partial charge is 0.119 e. The zero-order chi connectivity index (χ0) is 12.1. The zero-order valence-electron chi connectivity index (χ0n) is 9.27. The van der Waals surface area contributed by atoms with Crippen molar-refractivity contribution in [1.82, 2.24) is 0 Å². The summed E-state index contributed by atoms with van der Waals surface area (Å²) in [5.41, 5.74) is 1.15. The molecule has 0 atom stereocenters. The SMILES string of the molecule is Oc1ccc(OCCc2cccc(Cl)c2)cc1. The molecule has 0 saturated carbocycles. The van der Waals surface area contributed by atoms with Gasteiger partial charge in [-0.2, -0.15) is 0 Å². The second-order valence-corrected chi connectivity index (χ2v) is 4.16. The van der Waals surface area contributed by atoms with Crippen LogP contribution < -0.4 is 4.74 Å². The average molecular weight is 249 g/mol. The van der Waals surface area contributed by atoms with E-state index in [1.807, 2.05) is 24.3 Å². The molecule has 0 amide bonds. The second kappa shape index (κ2) is 5.60. The lowest BCUT2D eigenvalue weighted by Crippen LogP contribution is -2.00. The van der Waals surface area contributed by atoms with Gasteiger partial charge in [0.2, 0.25) is 0 Å². The first-order valence-corrected chi connectivity index (χ1v) is 5.78. The van der Waals surface area contributed by atoms with Crippen LogP contribution in [-0.2, 0) is 6.42 Å². The minimum Gasteiger partial charge on any atom is -0.508 e. The van der Waals surface area contributed by atoms with Gasteiger partial charge in [0.1, 0.15) is 11.5 Å². The number of rotatable bonds is 4. The average Bonchev–Trinajstić information content (AvgIpc) is 2.32. The van der Waals surface area contributed by atoms with Crippen molar-refractivity contribution in [2.24, 2.45) is 0 Å². The van der Waals surface area contributed by atoms with E-state index in [-0.39, 0.29) is 5.75 Å². The molecule has 2 aromatic rings. The first kappa shape index (κ1) is 11.8. The maximum Gasteiger partial charge on any atom is 0.119 e. The van der Waals surface area contributed by atoms with Crippen molar-refractivity contribution >= 4 is 11.6 Å². The molecule has 88 valence electrons. The number of benzene rings is 2. The van der Waals surface area contributed by atoms with Crippen molar-refractivity contribution in [3.05, 3.63) is 59.1 Å². The number of hydrogen-bond acceptors (Lipinski definition) is 2. The van der Waals surface area contributed by atoms with E-state index in [1.54, 1.807) is 24.3 Å². The molecule has 0 bridgehead atoms. The Hall–Kier alpha value is -1.67. The van der Waals surface area contributed by atoms with Crippen LogP contribution in [0.3, 0.4) is 0 Å². The van der Waals surface area contributed by atoms with Crippen molar-refractivity contribution < 1.29 is 9.84 Å². The van der Waals surface area contributed by atoms with Crippen LogP contribution in [0.1, 0.15) is 5.56 Å². The number of halogens is 1. The Bertz CT molecular complexity index is 480. The van der Waals surface area contributed by atoms with E-state index in [4.69, 9.17) is 21.4 Å². The largest absolute Gasteiger partial charge is 0.508 e. The van der Waals surface area contributed by atoms with Crippen molar-refractivity contribution in [2.45, 2.75) is 6.42 Å². The second-order valence-electron chi connectivity index (χ2n) is 3.72. The van der Waals surface area contributed by atoms with Gasteiger partial charge in [-0.25, -0.2) is 0 Å². The van der Waals surface area contributed by atoms with Crippen LogP contribution in [0.2, 0.25) is 5.02 Å². The number of phenols is 1. The third-order valence-corrected chi connectivity index (χ3v) is 2.62. The molecule has 0 aliphatic rings. The van der Waals surface area contributed by atoms with Gasteiger partial charge in [0.05, 0.1) is 6.61 Å². The summed E-state index contributed by atoms with van der Waals surface area (Å²) in [7, 11) is 0. The fourth-order valence-electron chi connectivity index (χ4n) is 1.52. The number of phenolic OH excluding ortho intramolecular Hbond substituents is 1. The molecule has 0 unspecified atom stereocenters. The topological polar surface area (TPSA) is 29.5 Å². The summed E-state index contributed by atoms with van der Waals surface area (Å²) in [5.74, 6) is 0.997. The van der Waals surface area contributed by atoms with Crippen molar-refractivity contribution in [3.8, 4) is 11.5 Å². The summed E-state index contributed by atoms with van der Waals surface area (Å²) in [6.07, 6.45) is 0.807. The van der Waals surface area contributed by atoms with Crippen molar-refractivity contribution in [1.29, 1.82) is 0 Å². The highest BCUT2D eigenvalue weighted by molar-refractivity contribution is 6.30. The van der Waals surface area contributed by atoms with Crippen molar-refractivity contribution in [3.63, 3.8) is 0 Å². The molecule has 0 radical (unpaired) electrons. The van der Waals surface area contributed by atoms with Gasteiger partial charge in [-0.05, 0) is 42.0 Å². The molecule has 0 spiro atoms. The van der Waals surface area contributed by atoms with Crippen LogP contribution in [0.25, 0.3) is 0 Å². The summed E-state index contributed by atoms with van der Waals surface area (Å²) in [6.45, 7) is 0.588. The molecule has 0 aromatic heterocycles. The monoisotopic (exact) mass is 248 g/mol. The molecule has 0 fully saturated rings. The Kier molecular flexibility index (Phi) is 3.89. The van der Waals surface area contributed by atoms with E-state index in [0.29, 0.717) is 6.61 Å². The summed E-state index contributed by atoms with van der Waals surface area (Å²) >= 11 is 5.89. The maximum atomic E-state index is 9.12. The standard InChI is InChI=1S/C14H13ClO2/c15-12-3-1-2-11(10-12)8-9-17-14-6-4-13(16)5-7-14/h1-7,10,16H,8-9H2. The third-order valence-electron chi connectivity index (χ3n) is 2.39. The molecule has 3 heteroatoms. The van der Waals surface area contributed by atoms with E-state index < -0.39 is 0 Å². The molecule has 0 heterocycles. The predicted octanol–water partition coefficient (Wildman–Crippen LogP) is 3.67. The van der Waals surface area contributed by atoms with E-state index in [1.165, 1.54) is 0 Å². The van der Waals surface area contributed by atoms with Gasteiger partial charge in [0.25, 0.3) is 0 Å². The van der Waals surface area contributed by atoms with E-state index in [9.17, 15) is 0 Å². The van der Waals surface area contributed by atoms with E-state index in [0.717, 1.165) is 22.8 Å². The normalized spacial score (nSPS) is 10.2. The molecular weight excluding hydrogens is 236 g/mol. The minimum absolute atomic E-state index is 0.243. The Labute approximate surface area is 105 Å². The minimum atomic E-state index is 0.243. The molecule has 0 aliphatic heterocycles. The van der Waals surface area contributed by atoms with Gasteiger partial charge in [0.15, 0.2) is 0 Å².